The van der Waals surface area contributed by atoms with Crippen molar-refractivity contribution in [3.05, 3.63) is 59.8 Å². The number of carboxylic acid groups (broad SMARTS) is 1. The van der Waals surface area contributed by atoms with E-state index in [1.165, 1.54) is 25.0 Å². The van der Waals surface area contributed by atoms with Crippen molar-refractivity contribution in [2.24, 2.45) is 23.7 Å². The molecule has 0 saturated heterocycles. The Morgan fingerprint density at radius 2 is 1.33 bits per heavy atom. The molecule has 8 nitrogen and oxygen atoms in total. The third-order valence-corrected chi connectivity index (χ3v) is 7.37. The van der Waals surface area contributed by atoms with E-state index in [2.05, 4.69) is 33.8 Å². The molecule has 0 spiro atoms. The fraction of sp³-hybridized carbons (Fsp3) is 0.676. The fourth-order valence-electron chi connectivity index (χ4n) is 4.92. The summed E-state index contributed by atoms with van der Waals surface area (Å²) in [5.74, 6) is 0.224. The second kappa shape index (κ2) is 22.5. The summed E-state index contributed by atoms with van der Waals surface area (Å²) in [6.45, 7) is 12.5. The number of aliphatic carboxylic acids is 1. The second-order valence-electron chi connectivity index (χ2n) is 12.1. The van der Waals surface area contributed by atoms with Crippen molar-refractivity contribution < 1.29 is 40.5 Å². The first kappa shape index (κ1) is 39.9. The molecule has 0 aliphatic heterocycles. The van der Waals surface area contributed by atoms with E-state index < -0.39 is 42.9 Å². The van der Waals surface area contributed by atoms with Crippen LogP contribution in [0.25, 0.3) is 0 Å². The lowest BCUT2D eigenvalue weighted by Crippen LogP contribution is -2.19. The lowest BCUT2D eigenvalue weighted by molar-refractivity contribution is -0.139. The van der Waals surface area contributed by atoms with Gasteiger partial charge in [0.15, 0.2) is 0 Å². The molecule has 7 N–H and O–H groups in total. The number of rotatable bonds is 22. The summed E-state index contributed by atoms with van der Waals surface area (Å²) < 4.78 is 0. The van der Waals surface area contributed by atoms with Gasteiger partial charge in [0.1, 0.15) is 0 Å². The van der Waals surface area contributed by atoms with Gasteiger partial charge >= 0.3 is 5.97 Å². The number of hydrogen-bond acceptors (Lipinski definition) is 7. The molecule has 0 heterocycles. The quantitative estimate of drug-likeness (QED) is 0.0702. The highest BCUT2D eigenvalue weighted by molar-refractivity contribution is 5.67. The van der Waals surface area contributed by atoms with E-state index in [9.17, 15) is 35.4 Å². The molecule has 0 aliphatic rings. The molecule has 0 amide bonds. The molecule has 0 aromatic carbocycles. The molecule has 0 aromatic heterocycles. The maximum absolute atomic E-state index is 10.8. The van der Waals surface area contributed by atoms with Crippen LogP contribution in [0, 0.1) is 23.7 Å². The van der Waals surface area contributed by atoms with E-state index in [-0.39, 0.29) is 31.8 Å². The average Bonchev–Trinajstić information content (AvgIpc) is 2.89. The maximum atomic E-state index is 10.8. The Kier molecular flexibility index (Phi) is 21.4. The molecule has 0 bridgehead atoms. The lowest BCUT2D eigenvalue weighted by atomic mass is 9.87. The SMILES string of the molecule is CCC(C)CC(C)CC(C)C=C(C=C(C)C(O)C(C)C=CC(O)CC=CC(O)CC=CC(O)CC(O)CC(=O)O)CO. The summed E-state index contributed by atoms with van der Waals surface area (Å²) in [6, 6.07) is 0. The minimum Gasteiger partial charge on any atom is -0.481 e. The Bertz CT molecular complexity index is 890. The van der Waals surface area contributed by atoms with Gasteiger partial charge in [0.25, 0.3) is 0 Å². The average molecular weight is 595 g/mol. The van der Waals surface area contributed by atoms with Gasteiger partial charge < -0.3 is 35.7 Å². The third-order valence-electron chi connectivity index (χ3n) is 7.37. The fourth-order valence-corrected chi connectivity index (χ4v) is 4.92. The van der Waals surface area contributed by atoms with Gasteiger partial charge in [0.05, 0.1) is 43.5 Å². The van der Waals surface area contributed by atoms with Gasteiger partial charge in [-0.1, -0.05) is 89.6 Å². The molecule has 9 unspecified atom stereocenters. The topological polar surface area (TPSA) is 159 Å². The molecule has 42 heavy (non-hydrogen) atoms. The highest BCUT2D eigenvalue weighted by Gasteiger charge is 2.16. The van der Waals surface area contributed by atoms with Gasteiger partial charge in [0, 0.05) is 12.3 Å². The van der Waals surface area contributed by atoms with Crippen LogP contribution in [-0.2, 0) is 4.79 Å². The zero-order valence-electron chi connectivity index (χ0n) is 26.5. The lowest BCUT2D eigenvalue weighted by Gasteiger charge is -2.19. The molecular formula is C34H58O8. The zero-order valence-corrected chi connectivity index (χ0v) is 26.5. The normalized spacial score (nSPS) is 20.0. The van der Waals surface area contributed by atoms with Crippen LogP contribution in [0.4, 0.5) is 0 Å². The molecule has 0 aromatic rings. The van der Waals surface area contributed by atoms with E-state index in [1.54, 1.807) is 24.3 Å². The minimum absolute atomic E-state index is 0.0957. The maximum Gasteiger partial charge on any atom is 0.305 e. The van der Waals surface area contributed by atoms with Gasteiger partial charge in [0.2, 0.25) is 0 Å². The van der Waals surface area contributed by atoms with Crippen LogP contribution in [0.1, 0.15) is 86.5 Å². The standard InChI is InChI=1S/C34H58O8/c1-7-23(2)16-24(3)17-25(4)18-28(22-35)19-27(6)34(42)26(5)14-15-30(37)12-8-10-29(36)11-9-13-31(38)20-32(39)21-33(40)41/h8-10,13-15,18-19,23-26,29-32,34-39,42H,7,11-12,16-17,20-22H2,1-6H3,(H,40,41). The van der Waals surface area contributed by atoms with Crippen molar-refractivity contribution in [3.63, 3.8) is 0 Å². The highest BCUT2D eigenvalue weighted by atomic mass is 16.4. The zero-order chi connectivity index (χ0) is 32.2. The number of aliphatic hydroxyl groups is 6. The number of hydrogen-bond donors (Lipinski definition) is 7. The Balaban J connectivity index is 4.77. The molecule has 8 heteroatoms. The van der Waals surface area contributed by atoms with Gasteiger partial charge in [-0.25, -0.2) is 0 Å². The van der Waals surface area contributed by atoms with Crippen LogP contribution in [0.5, 0.6) is 0 Å². The number of allylic oxidation sites excluding steroid dienone is 1. The number of carboxylic acids is 1. The third kappa shape index (κ3) is 19.9. The molecule has 0 rings (SSSR count). The monoisotopic (exact) mass is 594 g/mol. The van der Waals surface area contributed by atoms with Crippen LogP contribution < -0.4 is 0 Å². The first-order valence-electron chi connectivity index (χ1n) is 15.3. The Labute approximate surface area is 253 Å². The Morgan fingerprint density at radius 3 is 1.88 bits per heavy atom. The van der Waals surface area contributed by atoms with Crippen LogP contribution in [0.3, 0.4) is 0 Å². The molecule has 0 aliphatic carbocycles. The van der Waals surface area contributed by atoms with E-state index in [1.807, 2.05) is 19.9 Å². The summed E-state index contributed by atoms with van der Waals surface area (Å²) in [7, 11) is 0. The van der Waals surface area contributed by atoms with Crippen LogP contribution in [0.2, 0.25) is 0 Å². The molecule has 9 atom stereocenters. The first-order chi connectivity index (χ1) is 19.7. The Hall–Kier alpha value is -2.07. The highest BCUT2D eigenvalue weighted by Crippen LogP contribution is 2.24. The molecule has 0 saturated carbocycles. The van der Waals surface area contributed by atoms with Crippen LogP contribution >= 0.6 is 0 Å². The van der Waals surface area contributed by atoms with Gasteiger partial charge in [-0.05, 0) is 61.5 Å². The van der Waals surface area contributed by atoms with Gasteiger partial charge in [-0.15, -0.1) is 0 Å². The summed E-state index contributed by atoms with van der Waals surface area (Å²) in [6.07, 6.45) is 12.2. The minimum atomic E-state index is -1.15. The molecule has 242 valence electrons. The summed E-state index contributed by atoms with van der Waals surface area (Å²) in [5.41, 5.74) is 1.52. The number of aliphatic hydroxyl groups excluding tert-OH is 6. The first-order valence-corrected chi connectivity index (χ1v) is 15.3. The van der Waals surface area contributed by atoms with Crippen molar-refractivity contribution >= 4 is 5.97 Å². The van der Waals surface area contributed by atoms with Gasteiger partial charge in [-0.3, -0.25) is 4.79 Å². The molecular weight excluding hydrogens is 536 g/mol. The van der Waals surface area contributed by atoms with E-state index in [4.69, 9.17) is 5.11 Å². The second-order valence-corrected chi connectivity index (χ2v) is 12.1. The van der Waals surface area contributed by atoms with Crippen molar-refractivity contribution in [1.29, 1.82) is 0 Å². The van der Waals surface area contributed by atoms with Crippen LogP contribution in [-0.4, -0.2) is 78.8 Å². The summed E-state index contributed by atoms with van der Waals surface area (Å²) in [4.78, 5) is 10.6. The largest absolute Gasteiger partial charge is 0.481 e. The predicted octanol–water partition coefficient (Wildman–Crippen LogP) is 4.70. The Morgan fingerprint density at radius 1 is 0.762 bits per heavy atom. The number of carbonyl (C=O) groups is 1. The van der Waals surface area contributed by atoms with E-state index >= 15 is 0 Å². The summed E-state index contributed by atoms with van der Waals surface area (Å²) >= 11 is 0. The van der Waals surface area contributed by atoms with Crippen molar-refractivity contribution in [2.75, 3.05) is 6.61 Å². The van der Waals surface area contributed by atoms with Crippen molar-refractivity contribution in [1.82, 2.24) is 0 Å². The summed E-state index contributed by atoms with van der Waals surface area (Å²) in [5, 5.41) is 69.0. The predicted molar refractivity (Wildman–Crippen MR) is 169 cm³/mol. The van der Waals surface area contributed by atoms with E-state index in [0.29, 0.717) is 17.8 Å². The van der Waals surface area contributed by atoms with Crippen molar-refractivity contribution in [2.45, 2.75) is 117 Å². The molecule has 0 radical (unpaired) electrons. The molecule has 0 fully saturated rings. The van der Waals surface area contributed by atoms with Crippen molar-refractivity contribution in [3.8, 4) is 0 Å². The van der Waals surface area contributed by atoms with Gasteiger partial charge in [-0.2, -0.15) is 0 Å². The smallest absolute Gasteiger partial charge is 0.305 e. The van der Waals surface area contributed by atoms with Crippen LogP contribution in [0.15, 0.2) is 59.8 Å². The van der Waals surface area contributed by atoms with E-state index in [0.717, 1.165) is 17.6 Å².